The van der Waals surface area contributed by atoms with Gasteiger partial charge in [-0.2, -0.15) is 5.10 Å². The number of halogens is 1. The lowest BCUT2D eigenvalue weighted by atomic mass is 10.2. The van der Waals surface area contributed by atoms with Crippen LogP contribution in [-0.2, 0) is 9.59 Å². The second-order valence-corrected chi connectivity index (χ2v) is 6.24. The van der Waals surface area contributed by atoms with Gasteiger partial charge in [-0.15, -0.1) is 0 Å². The van der Waals surface area contributed by atoms with Gasteiger partial charge in [0.15, 0.2) is 11.5 Å². The fraction of sp³-hybridized carbons (Fsp3) is 0.400. The molecule has 1 aliphatic carbocycles. The van der Waals surface area contributed by atoms with Crippen molar-refractivity contribution in [1.29, 1.82) is 0 Å². The minimum Gasteiger partial charge on any atom is -0.454 e. The first-order valence-corrected chi connectivity index (χ1v) is 8.16. The highest BCUT2D eigenvalue weighted by Crippen LogP contribution is 2.36. The highest BCUT2D eigenvalue weighted by Gasteiger charge is 2.21. The van der Waals surface area contributed by atoms with Gasteiger partial charge in [-0.05, 0) is 40.9 Å². The Balaban J connectivity index is 1.56. The van der Waals surface area contributed by atoms with Crippen LogP contribution in [0.4, 0.5) is 0 Å². The molecule has 0 saturated heterocycles. The molecule has 0 radical (unpaired) electrons. The smallest absolute Gasteiger partial charge is 0.329 e. The SMILES string of the molecule is O=C(N/N=C\c1cc2c(cc1Br)OCO2)C(=O)NC1CCCC1. The van der Waals surface area contributed by atoms with Crippen molar-refractivity contribution in [3.8, 4) is 11.5 Å². The minimum absolute atomic E-state index is 0.0974. The number of rotatable bonds is 3. The van der Waals surface area contributed by atoms with Crippen LogP contribution in [0.1, 0.15) is 31.2 Å². The number of nitrogens with one attached hydrogen (secondary N) is 2. The molecule has 3 rings (SSSR count). The van der Waals surface area contributed by atoms with Gasteiger partial charge in [-0.25, -0.2) is 5.43 Å². The Bertz CT molecular complexity index is 656. The molecule has 1 aromatic rings. The van der Waals surface area contributed by atoms with Gasteiger partial charge in [0.05, 0.1) is 6.21 Å². The van der Waals surface area contributed by atoms with Gasteiger partial charge in [-0.1, -0.05) is 12.8 Å². The third-order valence-electron chi connectivity index (χ3n) is 3.76. The number of fused-ring (bicyclic) bond motifs is 1. The van der Waals surface area contributed by atoms with E-state index >= 15 is 0 Å². The van der Waals surface area contributed by atoms with Crippen molar-refractivity contribution >= 4 is 34.0 Å². The van der Waals surface area contributed by atoms with Gasteiger partial charge in [0.25, 0.3) is 0 Å². The van der Waals surface area contributed by atoms with Crippen LogP contribution in [0.2, 0.25) is 0 Å². The number of benzene rings is 1. The lowest BCUT2D eigenvalue weighted by Crippen LogP contribution is -2.42. The summed E-state index contributed by atoms with van der Waals surface area (Å²) < 4.78 is 11.3. The van der Waals surface area contributed by atoms with Crippen LogP contribution < -0.4 is 20.2 Å². The number of carbonyl (C=O) groups excluding carboxylic acids is 2. The van der Waals surface area contributed by atoms with E-state index in [-0.39, 0.29) is 12.8 Å². The first kappa shape index (κ1) is 15.8. The molecule has 1 heterocycles. The summed E-state index contributed by atoms with van der Waals surface area (Å²) in [6.45, 7) is 0.181. The second-order valence-electron chi connectivity index (χ2n) is 5.38. The maximum absolute atomic E-state index is 11.7. The van der Waals surface area contributed by atoms with Crippen LogP contribution in [0.3, 0.4) is 0 Å². The molecule has 0 aromatic heterocycles. The largest absolute Gasteiger partial charge is 0.454 e. The molecule has 122 valence electrons. The fourth-order valence-electron chi connectivity index (χ4n) is 2.56. The lowest BCUT2D eigenvalue weighted by Gasteiger charge is -2.10. The maximum atomic E-state index is 11.7. The molecule has 0 unspecified atom stereocenters. The number of nitrogens with zero attached hydrogens (tertiary/aromatic N) is 1. The molecule has 1 fully saturated rings. The number of amides is 2. The summed E-state index contributed by atoms with van der Waals surface area (Å²) in [5.41, 5.74) is 2.93. The molecule has 7 nitrogen and oxygen atoms in total. The van der Waals surface area contributed by atoms with E-state index in [1.165, 1.54) is 6.21 Å². The van der Waals surface area contributed by atoms with Crippen LogP contribution in [-0.4, -0.2) is 30.9 Å². The molecule has 0 spiro atoms. The van der Waals surface area contributed by atoms with Crippen molar-refractivity contribution < 1.29 is 19.1 Å². The van der Waals surface area contributed by atoms with Gasteiger partial charge in [0.2, 0.25) is 6.79 Å². The Morgan fingerprint density at radius 1 is 1.17 bits per heavy atom. The van der Waals surface area contributed by atoms with Crippen molar-refractivity contribution in [2.24, 2.45) is 5.10 Å². The first-order valence-electron chi connectivity index (χ1n) is 7.36. The summed E-state index contributed by atoms with van der Waals surface area (Å²) in [6, 6.07) is 3.60. The van der Waals surface area contributed by atoms with E-state index in [1.807, 2.05) is 0 Å². The normalized spacial score (nSPS) is 16.7. The molecule has 2 amide bonds. The molecule has 23 heavy (non-hydrogen) atoms. The maximum Gasteiger partial charge on any atom is 0.329 e. The zero-order valence-electron chi connectivity index (χ0n) is 12.3. The molecule has 2 aliphatic rings. The molecule has 2 N–H and O–H groups in total. The van der Waals surface area contributed by atoms with Gasteiger partial charge >= 0.3 is 11.8 Å². The average molecular weight is 382 g/mol. The van der Waals surface area contributed by atoms with Crippen LogP contribution in [0.25, 0.3) is 0 Å². The Kier molecular flexibility index (Phi) is 4.80. The Morgan fingerprint density at radius 3 is 2.61 bits per heavy atom. The number of hydrogen-bond acceptors (Lipinski definition) is 5. The molecule has 0 atom stereocenters. The predicted molar refractivity (Wildman–Crippen MR) is 86.4 cm³/mol. The van der Waals surface area contributed by atoms with Crippen LogP contribution >= 0.6 is 15.9 Å². The lowest BCUT2D eigenvalue weighted by molar-refractivity contribution is -0.139. The monoisotopic (exact) mass is 381 g/mol. The first-order chi connectivity index (χ1) is 11.1. The molecule has 1 saturated carbocycles. The van der Waals surface area contributed by atoms with E-state index in [0.717, 1.165) is 30.2 Å². The molecular weight excluding hydrogens is 366 g/mol. The second kappa shape index (κ2) is 6.99. The van der Waals surface area contributed by atoms with E-state index in [2.05, 4.69) is 31.8 Å². The van der Waals surface area contributed by atoms with Crippen molar-refractivity contribution in [2.75, 3.05) is 6.79 Å². The fourth-order valence-corrected chi connectivity index (χ4v) is 2.99. The topological polar surface area (TPSA) is 89.0 Å². The van der Waals surface area contributed by atoms with Gasteiger partial charge < -0.3 is 14.8 Å². The molecule has 8 heteroatoms. The summed E-state index contributed by atoms with van der Waals surface area (Å²) >= 11 is 3.39. The predicted octanol–water partition coefficient (Wildman–Crippen LogP) is 1.69. The van der Waals surface area contributed by atoms with Crippen molar-refractivity contribution in [3.63, 3.8) is 0 Å². The third-order valence-corrected chi connectivity index (χ3v) is 4.45. The van der Waals surface area contributed by atoms with Crippen molar-refractivity contribution in [2.45, 2.75) is 31.7 Å². The quantitative estimate of drug-likeness (QED) is 0.473. The van der Waals surface area contributed by atoms with Crippen LogP contribution in [0, 0.1) is 0 Å². The van der Waals surface area contributed by atoms with Gasteiger partial charge in [0, 0.05) is 16.1 Å². The van der Waals surface area contributed by atoms with E-state index in [4.69, 9.17) is 9.47 Å². The molecule has 1 aromatic carbocycles. The van der Waals surface area contributed by atoms with Gasteiger partial charge in [0.1, 0.15) is 0 Å². The summed E-state index contributed by atoms with van der Waals surface area (Å²) in [7, 11) is 0. The zero-order valence-corrected chi connectivity index (χ0v) is 13.9. The average Bonchev–Trinajstić information content (AvgIpc) is 3.18. The highest BCUT2D eigenvalue weighted by atomic mass is 79.9. The Morgan fingerprint density at radius 2 is 1.87 bits per heavy atom. The van der Waals surface area contributed by atoms with E-state index in [9.17, 15) is 9.59 Å². The van der Waals surface area contributed by atoms with Crippen LogP contribution in [0.15, 0.2) is 21.7 Å². The number of hydrazone groups is 1. The number of hydrogen-bond donors (Lipinski definition) is 2. The van der Waals surface area contributed by atoms with E-state index in [1.54, 1.807) is 12.1 Å². The molecular formula is C15H16BrN3O4. The molecule has 0 bridgehead atoms. The Hall–Kier alpha value is -2.09. The summed E-state index contributed by atoms with van der Waals surface area (Å²) in [6.07, 6.45) is 5.46. The van der Waals surface area contributed by atoms with Crippen molar-refractivity contribution in [3.05, 3.63) is 22.2 Å². The Labute approximate surface area is 141 Å². The summed E-state index contributed by atoms with van der Waals surface area (Å²) in [4.78, 5) is 23.4. The summed E-state index contributed by atoms with van der Waals surface area (Å²) in [5, 5.41) is 6.51. The highest BCUT2D eigenvalue weighted by molar-refractivity contribution is 9.10. The number of carbonyl (C=O) groups is 2. The van der Waals surface area contributed by atoms with Crippen molar-refractivity contribution in [1.82, 2.24) is 10.7 Å². The van der Waals surface area contributed by atoms with Gasteiger partial charge in [-0.3, -0.25) is 9.59 Å². The summed E-state index contributed by atoms with van der Waals surface area (Å²) in [5.74, 6) is -0.169. The van der Waals surface area contributed by atoms with Crippen LogP contribution in [0.5, 0.6) is 11.5 Å². The van der Waals surface area contributed by atoms with E-state index < -0.39 is 11.8 Å². The minimum atomic E-state index is -0.773. The van der Waals surface area contributed by atoms with E-state index in [0.29, 0.717) is 17.1 Å². The molecule has 1 aliphatic heterocycles. The third kappa shape index (κ3) is 3.82. The zero-order chi connectivity index (χ0) is 16.2. The standard InChI is InChI=1S/C15H16BrN3O4/c16-11-6-13-12(22-8-23-13)5-9(11)7-17-19-15(21)14(20)18-10-3-1-2-4-10/h5-7,10H,1-4,8H2,(H,18,20)(H,19,21)/b17-7-. The number of ether oxygens (including phenoxy) is 2.